The molecule has 5 unspecified atom stereocenters. The van der Waals surface area contributed by atoms with Crippen LogP contribution in [0.3, 0.4) is 0 Å². The van der Waals surface area contributed by atoms with Crippen LogP contribution in [0, 0.1) is 34.0 Å². The van der Waals surface area contributed by atoms with E-state index in [0.29, 0.717) is 17.5 Å². The van der Waals surface area contributed by atoms with Crippen LogP contribution in [0.15, 0.2) is 84.0 Å². The Bertz CT molecular complexity index is 1280. The lowest BCUT2D eigenvalue weighted by atomic mass is 9.67. The lowest BCUT2D eigenvalue weighted by molar-refractivity contribution is 0.346. The van der Waals surface area contributed by atoms with Crippen molar-refractivity contribution in [2.45, 2.75) is 63.7 Å². The molecule has 2 aromatic rings. The number of amidine groups is 1. The van der Waals surface area contributed by atoms with E-state index in [4.69, 9.17) is 22.0 Å². The van der Waals surface area contributed by atoms with Crippen molar-refractivity contribution in [2.75, 3.05) is 0 Å². The van der Waals surface area contributed by atoms with E-state index in [9.17, 15) is 0 Å². The molecule has 4 heteroatoms. The first-order valence-corrected chi connectivity index (χ1v) is 14.2. The van der Waals surface area contributed by atoms with Crippen molar-refractivity contribution < 1.29 is 0 Å². The molecule has 5 rings (SSSR count). The fourth-order valence-corrected chi connectivity index (χ4v) is 6.82. The highest BCUT2D eigenvalue weighted by Gasteiger charge is 2.48. The van der Waals surface area contributed by atoms with Gasteiger partial charge in [0.1, 0.15) is 5.84 Å². The predicted octanol–water partition coefficient (Wildman–Crippen LogP) is 7.90. The van der Waals surface area contributed by atoms with Gasteiger partial charge in [0.2, 0.25) is 0 Å². The Morgan fingerprint density at radius 3 is 1.92 bits per heavy atom. The summed E-state index contributed by atoms with van der Waals surface area (Å²) in [6.45, 7) is 2.05. The van der Waals surface area contributed by atoms with Crippen LogP contribution >= 0.6 is 0 Å². The van der Waals surface area contributed by atoms with E-state index in [1.807, 2.05) is 19.1 Å². The van der Waals surface area contributed by atoms with Gasteiger partial charge in [0, 0.05) is 11.8 Å². The average Bonchev–Trinajstić information content (AvgIpc) is 3.56. The van der Waals surface area contributed by atoms with Crippen LogP contribution in [-0.4, -0.2) is 17.8 Å². The van der Waals surface area contributed by atoms with E-state index in [1.165, 1.54) is 30.2 Å². The fourth-order valence-electron chi connectivity index (χ4n) is 6.82. The molecule has 0 spiro atoms. The van der Waals surface area contributed by atoms with Crippen molar-refractivity contribution in [3.05, 3.63) is 106 Å². The summed E-state index contributed by atoms with van der Waals surface area (Å²) in [6.07, 6.45) is 17.7. The van der Waals surface area contributed by atoms with E-state index in [1.54, 1.807) is 0 Å². The highest BCUT2D eigenvalue weighted by Crippen LogP contribution is 2.56. The summed E-state index contributed by atoms with van der Waals surface area (Å²) in [5.41, 5.74) is 12.7. The second-order valence-electron chi connectivity index (χ2n) is 11.2. The summed E-state index contributed by atoms with van der Waals surface area (Å²) in [7, 11) is 0. The van der Waals surface area contributed by atoms with Crippen LogP contribution in [-0.2, 0) is 0 Å². The summed E-state index contributed by atoms with van der Waals surface area (Å²) in [6, 6.07) is 16.8. The summed E-state index contributed by atoms with van der Waals surface area (Å²) >= 11 is 0. The number of hydrogen-bond acceptors (Lipinski definition) is 3. The lowest BCUT2D eigenvalue weighted by Crippen LogP contribution is -2.22. The Morgan fingerprint density at radius 1 is 0.816 bits per heavy atom. The molecule has 38 heavy (non-hydrogen) atoms. The van der Waals surface area contributed by atoms with E-state index in [-0.39, 0.29) is 5.84 Å². The van der Waals surface area contributed by atoms with Gasteiger partial charge in [-0.1, -0.05) is 72.8 Å². The molecular formula is C34H40N4. The Hall–Kier alpha value is -3.53. The molecule has 0 bridgehead atoms. The van der Waals surface area contributed by atoms with Crippen molar-refractivity contribution in [3.63, 3.8) is 0 Å². The number of allylic oxidation sites excluding steroid dienone is 6. The SMILES string of the molecule is C/C=C/C=C/CC1C2CC/C(C=N)=C(/C(=N)c3ccc(C4CCC4c4ccc(C(=N)N)cc4)cc3)CCC12. The minimum absolute atomic E-state index is 0.110. The molecule has 5 N–H and O–H groups in total. The summed E-state index contributed by atoms with van der Waals surface area (Å²) in [4.78, 5) is 0. The summed E-state index contributed by atoms with van der Waals surface area (Å²) < 4.78 is 0. The largest absolute Gasteiger partial charge is 0.384 e. The molecule has 0 aromatic heterocycles. The molecule has 2 saturated carbocycles. The zero-order chi connectivity index (χ0) is 26.6. The van der Waals surface area contributed by atoms with Crippen molar-refractivity contribution in [2.24, 2.45) is 23.5 Å². The third-order valence-electron chi connectivity index (χ3n) is 9.25. The Morgan fingerprint density at radius 2 is 1.39 bits per heavy atom. The third-order valence-corrected chi connectivity index (χ3v) is 9.25. The maximum absolute atomic E-state index is 9.07. The number of nitrogen functional groups attached to an aromatic ring is 1. The first-order chi connectivity index (χ1) is 18.5. The second-order valence-corrected chi connectivity index (χ2v) is 11.2. The molecule has 3 aliphatic rings. The van der Waals surface area contributed by atoms with Crippen molar-refractivity contribution in [1.29, 1.82) is 16.2 Å². The molecule has 0 heterocycles. The molecule has 2 aromatic carbocycles. The number of hydrogen-bond donors (Lipinski definition) is 4. The summed E-state index contributed by atoms with van der Waals surface area (Å²) in [5, 5.41) is 24.8. The van der Waals surface area contributed by atoms with Crippen molar-refractivity contribution in [3.8, 4) is 0 Å². The van der Waals surface area contributed by atoms with Gasteiger partial charge in [0.15, 0.2) is 0 Å². The molecule has 0 radical (unpaired) electrons. The van der Waals surface area contributed by atoms with Crippen LogP contribution in [0.4, 0.5) is 0 Å². The van der Waals surface area contributed by atoms with Gasteiger partial charge in [-0.2, -0.15) is 0 Å². The fraction of sp³-hybridized carbons (Fsp3) is 0.382. The van der Waals surface area contributed by atoms with Gasteiger partial charge in [0.05, 0.1) is 5.71 Å². The molecule has 3 aliphatic carbocycles. The van der Waals surface area contributed by atoms with Crippen molar-refractivity contribution >= 4 is 17.8 Å². The number of nitrogens with two attached hydrogens (primary N) is 1. The Balaban J connectivity index is 1.25. The number of rotatable bonds is 9. The smallest absolute Gasteiger partial charge is 0.122 e. The van der Waals surface area contributed by atoms with Gasteiger partial charge < -0.3 is 11.1 Å². The van der Waals surface area contributed by atoms with Gasteiger partial charge in [-0.05, 0) is 109 Å². The quantitative estimate of drug-likeness (QED) is 0.156. The molecule has 5 atom stereocenters. The van der Waals surface area contributed by atoms with Crippen LogP contribution in [0.1, 0.15) is 86.0 Å². The second kappa shape index (κ2) is 11.5. The number of benzene rings is 2. The molecule has 2 fully saturated rings. The first-order valence-electron chi connectivity index (χ1n) is 14.2. The van der Waals surface area contributed by atoms with E-state index >= 15 is 0 Å². The van der Waals surface area contributed by atoms with E-state index < -0.39 is 0 Å². The monoisotopic (exact) mass is 504 g/mol. The third kappa shape index (κ3) is 5.36. The molecule has 0 aliphatic heterocycles. The summed E-state index contributed by atoms with van der Waals surface area (Å²) in [5.74, 6) is 3.41. The molecule has 0 amide bonds. The van der Waals surface area contributed by atoms with Crippen LogP contribution in [0.2, 0.25) is 0 Å². The standard InChI is InChI=1S/C34H40N4/c1-2-3-4-5-6-30-31-16-15-26(21-35)29(19-20-32(30)31)33(36)24-11-7-22(8-12-24)27-17-18-28(27)23-9-13-25(14-10-23)34(37)38/h2-5,7-14,21,27-28,30-32,35-36H,6,15-20H2,1H3,(H3,37,38)/b3-2+,5-4+,29-26-,35-21?,36-33?. The zero-order valence-electron chi connectivity index (χ0n) is 22.4. The topological polar surface area (TPSA) is 97.6 Å². The maximum Gasteiger partial charge on any atom is 0.122 e. The van der Waals surface area contributed by atoms with Crippen molar-refractivity contribution in [1.82, 2.24) is 0 Å². The average molecular weight is 505 g/mol. The molecule has 196 valence electrons. The van der Waals surface area contributed by atoms with Crippen LogP contribution in [0.5, 0.6) is 0 Å². The zero-order valence-corrected chi connectivity index (χ0v) is 22.4. The number of fused-ring (bicyclic) bond motifs is 1. The molecule has 0 saturated heterocycles. The van der Waals surface area contributed by atoms with E-state index in [2.05, 4.69) is 60.7 Å². The maximum atomic E-state index is 9.07. The Kier molecular flexibility index (Phi) is 7.87. The van der Waals surface area contributed by atoms with Crippen LogP contribution < -0.4 is 5.73 Å². The van der Waals surface area contributed by atoms with Gasteiger partial charge in [-0.25, -0.2) is 0 Å². The van der Waals surface area contributed by atoms with Gasteiger partial charge in [0.25, 0.3) is 0 Å². The highest BCUT2D eigenvalue weighted by molar-refractivity contribution is 6.13. The Labute approximate surface area is 227 Å². The minimum Gasteiger partial charge on any atom is -0.384 e. The van der Waals surface area contributed by atoms with Crippen LogP contribution in [0.25, 0.3) is 0 Å². The molecular weight excluding hydrogens is 464 g/mol. The van der Waals surface area contributed by atoms with E-state index in [0.717, 1.165) is 72.1 Å². The van der Waals surface area contributed by atoms with Gasteiger partial charge >= 0.3 is 0 Å². The minimum atomic E-state index is 0.110. The number of nitrogens with one attached hydrogen (secondary N) is 3. The lowest BCUT2D eigenvalue weighted by Gasteiger charge is -2.37. The predicted molar refractivity (Wildman–Crippen MR) is 159 cm³/mol. The highest BCUT2D eigenvalue weighted by atomic mass is 14.7. The van der Waals surface area contributed by atoms with Gasteiger partial charge in [-0.15, -0.1) is 0 Å². The van der Waals surface area contributed by atoms with Gasteiger partial charge in [-0.3, -0.25) is 10.8 Å². The molecule has 4 nitrogen and oxygen atoms in total. The normalized spacial score (nSPS) is 28.8. The first kappa shape index (κ1) is 26.1.